The number of hydrogen-bond acceptors (Lipinski definition) is 3. The third kappa shape index (κ3) is 3.32. The summed E-state index contributed by atoms with van der Waals surface area (Å²) in [6.07, 6.45) is 1.17. The molecule has 2 rings (SSSR count). The van der Waals surface area contributed by atoms with Gasteiger partial charge >= 0.3 is 0 Å². The van der Waals surface area contributed by atoms with E-state index in [1.807, 2.05) is 20.0 Å². The molecule has 19 heavy (non-hydrogen) atoms. The number of benzene rings is 1. The van der Waals surface area contributed by atoms with Crippen LogP contribution in [0.15, 0.2) is 18.2 Å². The number of anilines is 1. The monoisotopic (exact) mass is 261 g/mol. The molecule has 0 fully saturated rings. The number of hydrogen-bond donors (Lipinski definition) is 3. The Morgan fingerprint density at radius 2 is 2.21 bits per heavy atom. The third-order valence-corrected chi connectivity index (χ3v) is 3.32. The lowest BCUT2D eigenvalue weighted by atomic mass is 10.00. The molecule has 0 saturated carbocycles. The quantitative estimate of drug-likeness (QED) is 0.754. The maximum atomic E-state index is 12.0. The van der Waals surface area contributed by atoms with Crippen molar-refractivity contribution >= 4 is 17.5 Å². The standard InChI is InChI=1S/C14H19N3O2/c1-9(15-2)8-16-14(19)11-3-5-12-10(7-11)4-6-13(18)17-12/h3,5,7,9,15H,4,6,8H2,1-2H3,(H,16,19)(H,17,18). The Hall–Kier alpha value is -1.88. The smallest absolute Gasteiger partial charge is 0.251 e. The number of amides is 2. The molecule has 102 valence electrons. The molecule has 0 aromatic heterocycles. The maximum absolute atomic E-state index is 12.0. The van der Waals surface area contributed by atoms with E-state index < -0.39 is 0 Å². The van der Waals surface area contributed by atoms with Crippen molar-refractivity contribution < 1.29 is 9.59 Å². The van der Waals surface area contributed by atoms with E-state index in [-0.39, 0.29) is 17.9 Å². The van der Waals surface area contributed by atoms with Gasteiger partial charge in [-0.1, -0.05) is 0 Å². The first-order valence-electron chi connectivity index (χ1n) is 6.48. The topological polar surface area (TPSA) is 70.2 Å². The van der Waals surface area contributed by atoms with Crippen molar-refractivity contribution in [3.63, 3.8) is 0 Å². The molecule has 0 saturated heterocycles. The summed E-state index contributed by atoms with van der Waals surface area (Å²) in [5, 5.41) is 8.75. The number of carbonyl (C=O) groups excluding carboxylic acids is 2. The van der Waals surface area contributed by atoms with Gasteiger partial charge in [0.2, 0.25) is 5.91 Å². The molecular formula is C14H19N3O2. The zero-order chi connectivity index (χ0) is 13.8. The Balaban J connectivity index is 2.05. The molecule has 5 heteroatoms. The minimum Gasteiger partial charge on any atom is -0.350 e. The first-order chi connectivity index (χ1) is 9.10. The summed E-state index contributed by atoms with van der Waals surface area (Å²) >= 11 is 0. The van der Waals surface area contributed by atoms with Gasteiger partial charge in [-0.3, -0.25) is 9.59 Å². The van der Waals surface area contributed by atoms with Gasteiger partial charge in [-0.2, -0.15) is 0 Å². The summed E-state index contributed by atoms with van der Waals surface area (Å²) in [6, 6.07) is 5.63. The van der Waals surface area contributed by atoms with Gasteiger partial charge < -0.3 is 16.0 Å². The lowest BCUT2D eigenvalue weighted by Gasteiger charge is -2.17. The largest absolute Gasteiger partial charge is 0.350 e. The number of carbonyl (C=O) groups is 2. The summed E-state index contributed by atoms with van der Waals surface area (Å²) in [5.41, 5.74) is 2.48. The molecule has 5 nitrogen and oxygen atoms in total. The van der Waals surface area contributed by atoms with Gasteiger partial charge in [0, 0.05) is 30.3 Å². The van der Waals surface area contributed by atoms with Crippen molar-refractivity contribution in [2.24, 2.45) is 0 Å². The van der Waals surface area contributed by atoms with Crippen LogP contribution in [0.25, 0.3) is 0 Å². The van der Waals surface area contributed by atoms with Crippen LogP contribution in [0.5, 0.6) is 0 Å². The molecule has 1 atom stereocenters. The molecule has 1 aliphatic heterocycles. The van der Waals surface area contributed by atoms with Gasteiger partial charge in [-0.25, -0.2) is 0 Å². The average Bonchev–Trinajstić information content (AvgIpc) is 2.43. The number of aryl methyl sites for hydroxylation is 1. The van der Waals surface area contributed by atoms with Crippen molar-refractivity contribution in [2.45, 2.75) is 25.8 Å². The minimum absolute atomic E-state index is 0.0348. The molecule has 1 unspecified atom stereocenters. The van der Waals surface area contributed by atoms with Crippen LogP contribution >= 0.6 is 0 Å². The second-order valence-corrected chi connectivity index (χ2v) is 4.82. The van der Waals surface area contributed by atoms with Crippen LogP contribution in [0, 0.1) is 0 Å². The molecule has 3 N–H and O–H groups in total. The van der Waals surface area contributed by atoms with E-state index in [1.54, 1.807) is 12.1 Å². The summed E-state index contributed by atoms with van der Waals surface area (Å²) < 4.78 is 0. The van der Waals surface area contributed by atoms with Crippen LogP contribution in [0.3, 0.4) is 0 Å². The third-order valence-electron chi connectivity index (χ3n) is 3.32. The van der Waals surface area contributed by atoms with Crippen LogP contribution in [0.4, 0.5) is 5.69 Å². The Kier molecular flexibility index (Phi) is 4.16. The zero-order valence-electron chi connectivity index (χ0n) is 11.2. The summed E-state index contributed by atoms with van der Waals surface area (Å²) in [4.78, 5) is 23.2. The molecule has 0 spiro atoms. The second kappa shape index (κ2) is 5.84. The predicted octanol–water partition coefficient (Wildman–Crippen LogP) is 0.909. The Bertz CT molecular complexity index is 499. The number of fused-ring (bicyclic) bond motifs is 1. The highest BCUT2D eigenvalue weighted by molar-refractivity contribution is 5.97. The van der Waals surface area contributed by atoms with Crippen molar-refractivity contribution in [3.8, 4) is 0 Å². The summed E-state index contributed by atoms with van der Waals surface area (Å²) in [5.74, 6) is -0.0469. The molecule has 1 aromatic carbocycles. The normalized spacial score (nSPS) is 15.4. The van der Waals surface area contributed by atoms with Gasteiger partial charge in [0.1, 0.15) is 0 Å². The summed E-state index contributed by atoms with van der Waals surface area (Å²) in [6.45, 7) is 2.59. The summed E-state index contributed by atoms with van der Waals surface area (Å²) in [7, 11) is 1.86. The Morgan fingerprint density at radius 3 is 2.95 bits per heavy atom. The number of rotatable bonds is 4. The fraction of sp³-hybridized carbons (Fsp3) is 0.429. The fourth-order valence-electron chi connectivity index (χ4n) is 1.97. The van der Waals surface area contributed by atoms with Crippen molar-refractivity contribution in [2.75, 3.05) is 18.9 Å². The molecule has 1 aromatic rings. The molecule has 2 amide bonds. The van der Waals surface area contributed by atoms with Crippen molar-refractivity contribution in [1.82, 2.24) is 10.6 Å². The van der Waals surface area contributed by atoms with Gasteiger partial charge in [-0.15, -0.1) is 0 Å². The van der Waals surface area contributed by atoms with E-state index in [0.717, 1.165) is 11.3 Å². The first-order valence-corrected chi connectivity index (χ1v) is 6.48. The number of nitrogens with one attached hydrogen (secondary N) is 3. The SMILES string of the molecule is CNC(C)CNC(=O)c1ccc2c(c1)CCC(=O)N2. The van der Waals surface area contributed by atoms with Gasteiger partial charge in [0.05, 0.1) is 0 Å². The van der Waals surface area contributed by atoms with Gasteiger partial charge in [0.15, 0.2) is 0 Å². The highest BCUT2D eigenvalue weighted by Crippen LogP contribution is 2.23. The van der Waals surface area contributed by atoms with Gasteiger partial charge in [-0.05, 0) is 44.2 Å². The first kappa shape index (κ1) is 13.5. The van der Waals surface area contributed by atoms with Crippen LogP contribution < -0.4 is 16.0 Å². The zero-order valence-corrected chi connectivity index (χ0v) is 11.2. The Labute approximate surface area is 112 Å². The van der Waals surface area contributed by atoms with E-state index in [0.29, 0.717) is 24.9 Å². The van der Waals surface area contributed by atoms with Crippen LogP contribution in [0.1, 0.15) is 29.3 Å². The minimum atomic E-state index is -0.0817. The molecule has 0 bridgehead atoms. The molecule has 1 aliphatic rings. The van der Waals surface area contributed by atoms with Gasteiger partial charge in [0.25, 0.3) is 5.91 Å². The highest BCUT2D eigenvalue weighted by Gasteiger charge is 2.16. The van der Waals surface area contributed by atoms with E-state index in [1.165, 1.54) is 0 Å². The maximum Gasteiger partial charge on any atom is 0.251 e. The van der Waals surface area contributed by atoms with E-state index in [4.69, 9.17) is 0 Å². The van der Waals surface area contributed by atoms with Crippen LogP contribution in [-0.4, -0.2) is 31.4 Å². The van der Waals surface area contributed by atoms with Crippen molar-refractivity contribution in [3.05, 3.63) is 29.3 Å². The van der Waals surface area contributed by atoms with Crippen molar-refractivity contribution in [1.29, 1.82) is 0 Å². The van der Waals surface area contributed by atoms with E-state index in [2.05, 4.69) is 16.0 Å². The van der Waals surface area contributed by atoms with Crippen LogP contribution in [-0.2, 0) is 11.2 Å². The lowest BCUT2D eigenvalue weighted by Crippen LogP contribution is -2.37. The fourth-order valence-corrected chi connectivity index (χ4v) is 1.97. The predicted molar refractivity (Wildman–Crippen MR) is 74.2 cm³/mol. The van der Waals surface area contributed by atoms with E-state index >= 15 is 0 Å². The molecule has 1 heterocycles. The Morgan fingerprint density at radius 1 is 1.42 bits per heavy atom. The molecule has 0 aliphatic carbocycles. The molecule has 0 radical (unpaired) electrons. The average molecular weight is 261 g/mol. The number of likely N-dealkylation sites (N-methyl/N-ethyl adjacent to an activating group) is 1. The molecular weight excluding hydrogens is 242 g/mol. The highest BCUT2D eigenvalue weighted by atomic mass is 16.2. The van der Waals surface area contributed by atoms with E-state index in [9.17, 15) is 9.59 Å². The lowest BCUT2D eigenvalue weighted by molar-refractivity contribution is -0.116. The van der Waals surface area contributed by atoms with Crippen LogP contribution in [0.2, 0.25) is 0 Å². The second-order valence-electron chi connectivity index (χ2n) is 4.82.